The number of carboxylic acids is 1. The summed E-state index contributed by atoms with van der Waals surface area (Å²) in [4.78, 5) is 35.9. The van der Waals surface area contributed by atoms with Gasteiger partial charge in [0.25, 0.3) is 0 Å². The first-order valence-electron chi connectivity index (χ1n) is 6.16. The third-order valence-electron chi connectivity index (χ3n) is 3.47. The molecule has 0 saturated carbocycles. The molecule has 2 heterocycles. The number of aliphatic carboxylic acids is 1. The van der Waals surface area contributed by atoms with Crippen LogP contribution in [0.3, 0.4) is 0 Å². The highest BCUT2D eigenvalue weighted by molar-refractivity contribution is 5.88. The number of carbonyl (C=O) groups is 3. The van der Waals surface area contributed by atoms with E-state index >= 15 is 0 Å². The standard InChI is InChI=1S/C11H17N3O5/c1-6-9(15)12-2-3-14(6)11(18)13-8-5-19-4-7(8)10(16)17/h6-8H,2-5H2,1H3,(H,12,15)(H,13,18)(H,16,17). The Hall–Kier alpha value is -1.83. The molecule has 0 bridgehead atoms. The van der Waals surface area contributed by atoms with Crippen LogP contribution in [0.1, 0.15) is 6.92 Å². The summed E-state index contributed by atoms with van der Waals surface area (Å²) < 4.78 is 5.07. The second-order valence-corrected chi connectivity index (χ2v) is 4.70. The Balaban J connectivity index is 1.97. The molecule has 3 unspecified atom stereocenters. The van der Waals surface area contributed by atoms with E-state index in [2.05, 4.69) is 10.6 Å². The number of carbonyl (C=O) groups excluding carboxylic acids is 2. The second kappa shape index (κ2) is 5.43. The summed E-state index contributed by atoms with van der Waals surface area (Å²) in [6.45, 7) is 2.71. The van der Waals surface area contributed by atoms with Gasteiger partial charge in [-0.1, -0.05) is 0 Å². The number of piperazine rings is 1. The fourth-order valence-corrected chi connectivity index (χ4v) is 2.24. The van der Waals surface area contributed by atoms with Gasteiger partial charge < -0.3 is 25.4 Å². The summed E-state index contributed by atoms with van der Waals surface area (Å²) in [5, 5.41) is 14.3. The van der Waals surface area contributed by atoms with Crippen molar-refractivity contribution >= 4 is 17.9 Å². The normalized spacial score (nSPS) is 30.9. The highest BCUT2D eigenvalue weighted by atomic mass is 16.5. The Bertz CT molecular complexity index is 400. The minimum atomic E-state index is -0.993. The lowest BCUT2D eigenvalue weighted by molar-refractivity contribution is -0.142. The van der Waals surface area contributed by atoms with Crippen LogP contribution in [0.25, 0.3) is 0 Å². The third kappa shape index (κ3) is 2.78. The summed E-state index contributed by atoms with van der Waals surface area (Å²) >= 11 is 0. The maximum atomic E-state index is 12.1. The zero-order chi connectivity index (χ0) is 14.0. The molecule has 2 fully saturated rings. The monoisotopic (exact) mass is 271 g/mol. The van der Waals surface area contributed by atoms with Gasteiger partial charge in [-0.15, -0.1) is 0 Å². The number of nitrogens with one attached hydrogen (secondary N) is 2. The van der Waals surface area contributed by atoms with Gasteiger partial charge in [0.1, 0.15) is 12.0 Å². The van der Waals surface area contributed by atoms with Crippen molar-refractivity contribution < 1.29 is 24.2 Å². The van der Waals surface area contributed by atoms with Crippen molar-refractivity contribution in [1.29, 1.82) is 0 Å². The average Bonchev–Trinajstić information content (AvgIpc) is 2.80. The zero-order valence-electron chi connectivity index (χ0n) is 10.6. The Morgan fingerprint density at radius 3 is 2.89 bits per heavy atom. The lowest BCUT2D eigenvalue weighted by Crippen LogP contribution is -2.60. The summed E-state index contributed by atoms with van der Waals surface area (Å²) in [6.07, 6.45) is 0. The molecule has 0 aromatic rings. The fraction of sp³-hybridized carbons (Fsp3) is 0.727. The molecule has 3 N–H and O–H groups in total. The van der Waals surface area contributed by atoms with Crippen LogP contribution in [0.4, 0.5) is 4.79 Å². The largest absolute Gasteiger partial charge is 0.481 e. The molecule has 0 radical (unpaired) electrons. The molecule has 0 aliphatic carbocycles. The topological polar surface area (TPSA) is 108 Å². The van der Waals surface area contributed by atoms with Crippen LogP contribution in [0.15, 0.2) is 0 Å². The average molecular weight is 271 g/mol. The number of nitrogens with zero attached hydrogens (tertiary/aromatic N) is 1. The van der Waals surface area contributed by atoms with Crippen molar-refractivity contribution in [1.82, 2.24) is 15.5 Å². The minimum absolute atomic E-state index is 0.0936. The van der Waals surface area contributed by atoms with E-state index in [1.165, 1.54) is 4.90 Å². The van der Waals surface area contributed by atoms with Crippen LogP contribution >= 0.6 is 0 Å². The maximum absolute atomic E-state index is 12.1. The smallest absolute Gasteiger partial charge is 0.318 e. The molecule has 106 valence electrons. The van der Waals surface area contributed by atoms with Crippen LogP contribution in [0.2, 0.25) is 0 Å². The number of hydrogen-bond acceptors (Lipinski definition) is 4. The molecule has 2 saturated heterocycles. The summed E-state index contributed by atoms with van der Waals surface area (Å²) in [5.74, 6) is -1.94. The van der Waals surface area contributed by atoms with Gasteiger partial charge >= 0.3 is 12.0 Å². The lowest BCUT2D eigenvalue weighted by atomic mass is 10.0. The van der Waals surface area contributed by atoms with Gasteiger partial charge in [0, 0.05) is 13.1 Å². The van der Waals surface area contributed by atoms with Gasteiger partial charge in [-0.2, -0.15) is 0 Å². The number of urea groups is 1. The van der Waals surface area contributed by atoms with E-state index in [0.717, 1.165) is 0 Å². The molecule has 3 amide bonds. The molecule has 0 aromatic carbocycles. The van der Waals surface area contributed by atoms with Crippen LogP contribution < -0.4 is 10.6 Å². The molecule has 2 aliphatic heterocycles. The van der Waals surface area contributed by atoms with E-state index in [0.29, 0.717) is 13.1 Å². The van der Waals surface area contributed by atoms with Crippen molar-refractivity contribution in [3.05, 3.63) is 0 Å². The quantitative estimate of drug-likeness (QED) is 0.573. The zero-order valence-corrected chi connectivity index (χ0v) is 10.6. The molecule has 8 heteroatoms. The fourth-order valence-electron chi connectivity index (χ4n) is 2.24. The van der Waals surface area contributed by atoms with E-state index in [1.807, 2.05) is 0 Å². The van der Waals surface area contributed by atoms with Crippen molar-refractivity contribution in [2.24, 2.45) is 5.92 Å². The van der Waals surface area contributed by atoms with Crippen molar-refractivity contribution in [2.75, 3.05) is 26.3 Å². The number of amides is 3. The van der Waals surface area contributed by atoms with Crippen LogP contribution in [0.5, 0.6) is 0 Å². The Morgan fingerprint density at radius 2 is 2.21 bits per heavy atom. The Morgan fingerprint density at radius 1 is 1.47 bits per heavy atom. The molecule has 2 aliphatic rings. The number of rotatable bonds is 2. The van der Waals surface area contributed by atoms with Crippen LogP contribution in [-0.2, 0) is 14.3 Å². The van der Waals surface area contributed by atoms with Gasteiger partial charge in [-0.3, -0.25) is 9.59 Å². The summed E-state index contributed by atoms with van der Waals surface area (Å²) in [6, 6.07) is -1.54. The SMILES string of the molecule is CC1C(=O)NCCN1C(=O)NC1COCC1C(=O)O. The van der Waals surface area contributed by atoms with Crippen molar-refractivity contribution in [3.8, 4) is 0 Å². The van der Waals surface area contributed by atoms with E-state index in [9.17, 15) is 14.4 Å². The van der Waals surface area contributed by atoms with Gasteiger partial charge in [0.15, 0.2) is 0 Å². The number of ether oxygens (including phenoxy) is 1. The van der Waals surface area contributed by atoms with Gasteiger partial charge in [0.2, 0.25) is 5.91 Å². The predicted octanol–water partition coefficient (Wildman–Crippen LogP) is -1.38. The number of hydrogen-bond donors (Lipinski definition) is 3. The Kier molecular flexibility index (Phi) is 3.89. The molecular formula is C11H17N3O5. The van der Waals surface area contributed by atoms with Gasteiger partial charge in [-0.25, -0.2) is 4.79 Å². The van der Waals surface area contributed by atoms with Crippen LogP contribution in [0, 0.1) is 5.92 Å². The van der Waals surface area contributed by atoms with Crippen LogP contribution in [-0.4, -0.2) is 66.3 Å². The summed E-state index contributed by atoms with van der Waals surface area (Å²) in [5.41, 5.74) is 0. The molecule has 0 spiro atoms. The highest BCUT2D eigenvalue weighted by Gasteiger charge is 2.37. The highest BCUT2D eigenvalue weighted by Crippen LogP contribution is 2.15. The second-order valence-electron chi connectivity index (χ2n) is 4.70. The lowest BCUT2D eigenvalue weighted by Gasteiger charge is -2.33. The maximum Gasteiger partial charge on any atom is 0.318 e. The molecular weight excluding hydrogens is 254 g/mol. The summed E-state index contributed by atoms with van der Waals surface area (Å²) in [7, 11) is 0. The molecule has 2 rings (SSSR count). The van der Waals surface area contributed by atoms with E-state index < -0.39 is 30.0 Å². The Labute approximate surface area is 110 Å². The molecule has 19 heavy (non-hydrogen) atoms. The first-order valence-corrected chi connectivity index (χ1v) is 6.16. The van der Waals surface area contributed by atoms with E-state index in [1.54, 1.807) is 6.92 Å². The first kappa shape index (κ1) is 13.6. The van der Waals surface area contributed by atoms with E-state index in [4.69, 9.17) is 9.84 Å². The van der Waals surface area contributed by atoms with Gasteiger partial charge in [-0.05, 0) is 6.92 Å². The van der Waals surface area contributed by atoms with Gasteiger partial charge in [0.05, 0.1) is 19.3 Å². The third-order valence-corrected chi connectivity index (χ3v) is 3.47. The first-order chi connectivity index (χ1) is 9.00. The van der Waals surface area contributed by atoms with Crippen molar-refractivity contribution in [3.63, 3.8) is 0 Å². The molecule has 8 nitrogen and oxygen atoms in total. The number of carboxylic acid groups (broad SMARTS) is 1. The minimum Gasteiger partial charge on any atom is -0.481 e. The predicted molar refractivity (Wildman–Crippen MR) is 63.4 cm³/mol. The molecule has 0 aromatic heterocycles. The van der Waals surface area contributed by atoms with E-state index in [-0.39, 0.29) is 19.1 Å². The molecule has 3 atom stereocenters. The van der Waals surface area contributed by atoms with Crippen molar-refractivity contribution in [2.45, 2.75) is 19.0 Å².